The number of aliphatic hydroxyl groups is 2. The lowest BCUT2D eigenvalue weighted by Crippen LogP contribution is -2.61. The first kappa shape index (κ1) is 39.1. The van der Waals surface area contributed by atoms with E-state index in [1.807, 2.05) is 0 Å². The van der Waals surface area contributed by atoms with Gasteiger partial charge in [-0.3, -0.25) is 24.0 Å². The second-order valence-corrected chi connectivity index (χ2v) is 12.4. The molecular formula is C33H44N10O9. The number of nitrogens with two attached hydrogens (primary N) is 1. The molecule has 52 heavy (non-hydrogen) atoms. The van der Waals surface area contributed by atoms with Gasteiger partial charge < -0.3 is 57.2 Å². The second-order valence-electron chi connectivity index (χ2n) is 12.4. The van der Waals surface area contributed by atoms with Gasteiger partial charge in [-0.2, -0.15) is 0 Å². The molecular weight excluding hydrogens is 680 g/mol. The van der Waals surface area contributed by atoms with E-state index in [9.17, 15) is 44.1 Å². The highest BCUT2D eigenvalue weighted by Gasteiger charge is 2.40. The fourth-order valence-corrected chi connectivity index (χ4v) is 5.74. The van der Waals surface area contributed by atoms with Gasteiger partial charge in [0.15, 0.2) is 0 Å². The van der Waals surface area contributed by atoms with E-state index in [1.165, 1.54) is 36.9 Å². The predicted molar refractivity (Wildman–Crippen MR) is 182 cm³/mol. The molecule has 0 bridgehead atoms. The topological polar surface area (TPSA) is 298 Å². The number of carboxylic acids is 1. The van der Waals surface area contributed by atoms with E-state index in [4.69, 9.17) is 5.73 Å². The summed E-state index contributed by atoms with van der Waals surface area (Å²) in [5, 5.41) is 39.4. The third kappa shape index (κ3) is 10.7. The number of aromatic nitrogens is 4. The van der Waals surface area contributed by atoms with Crippen LogP contribution in [0.2, 0.25) is 0 Å². The van der Waals surface area contributed by atoms with E-state index in [2.05, 4.69) is 41.2 Å². The zero-order valence-electron chi connectivity index (χ0n) is 28.4. The number of aromatic amines is 2. The molecule has 0 saturated carbocycles. The lowest BCUT2D eigenvalue weighted by atomic mass is 10.0. The summed E-state index contributed by atoms with van der Waals surface area (Å²) in [6.07, 6.45) is 4.77. The maximum absolute atomic E-state index is 14.1. The van der Waals surface area contributed by atoms with Gasteiger partial charge in [0.1, 0.15) is 36.3 Å². The molecule has 5 amide bonds. The summed E-state index contributed by atoms with van der Waals surface area (Å²) in [5.74, 6) is -5.23. The van der Waals surface area contributed by atoms with E-state index >= 15 is 0 Å². The van der Waals surface area contributed by atoms with Gasteiger partial charge in [-0.1, -0.05) is 30.3 Å². The van der Waals surface area contributed by atoms with Crippen molar-refractivity contribution in [2.24, 2.45) is 5.73 Å². The van der Waals surface area contributed by atoms with Gasteiger partial charge in [-0.25, -0.2) is 14.8 Å². The maximum Gasteiger partial charge on any atom is 0.326 e. The van der Waals surface area contributed by atoms with Crippen LogP contribution in [-0.2, 0) is 48.0 Å². The van der Waals surface area contributed by atoms with Crippen molar-refractivity contribution in [1.82, 2.24) is 46.1 Å². The van der Waals surface area contributed by atoms with Crippen molar-refractivity contribution in [2.45, 2.75) is 81.4 Å². The van der Waals surface area contributed by atoms with Crippen molar-refractivity contribution in [3.8, 4) is 0 Å². The van der Waals surface area contributed by atoms with Crippen LogP contribution in [0.3, 0.4) is 0 Å². The molecule has 280 valence electrons. The third-order valence-corrected chi connectivity index (χ3v) is 8.52. The zero-order chi connectivity index (χ0) is 37.8. The van der Waals surface area contributed by atoms with E-state index in [0.29, 0.717) is 23.4 Å². The van der Waals surface area contributed by atoms with Gasteiger partial charge >= 0.3 is 5.97 Å². The van der Waals surface area contributed by atoms with Crippen molar-refractivity contribution in [1.29, 1.82) is 0 Å². The number of carboxylic acid groups (broad SMARTS) is 1. The summed E-state index contributed by atoms with van der Waals surface area (Å²) in [7, 11) is 0. The van der Waals surface area contributed by atoms with Gasteiger partial charge in [0.25, 0.3) is 0 Å². The largest absolute Gasteiger partial charge is 0.480 e. The van der Waals surface area contributed by atoms with Crippen LogP contribution in [-0.4, -0.2) is 131 Å². The highest BCUT2D eigenvalue weighted by atomic mass is 16.4. The first-order valence-corrected chi connectivity index (χ1v) is 16.7. The SMILES string of the molecule is C[C@@H](O)[C@H](NC(=O)[C@@H](N)CO)C(=O)N[C@@H](Cc1c[nH]cn1)C(=O)N1CCC[C@H]1C(=O)N[C@@H](Cc1c[nH]cn1)C(=O)N[C@@H](Cc1ccccc1)C(=O)O. The average molecular weight is 725 g/mol. The summed E-state index contributed by atoms with van der Waals surface area (Å²) >= 11 is 0. The number of likely N-dealkylation sites (tertiary alicyclic amines) is 1. The molecule has 0 spiro atoms. The van der Waals surface area contributed by atoms with Gasteiger partial charge in [-0.15, -0.1) is 0 Å². The molecule has 0 unspecified atom stereocenters. The molecule has 1 aliphatic rings. The predicted octanol–water partition coefficient (Wildman–Crippen LogP) is -3.12. The van der Waals surface area contributed by atoms with Gasteiger partial charge in [0.2, 0.25) is 29.5 Å². The Bertz CT molecular complexity index is 1650. The Kier molecular flexibility index (Phi) is 14.0. The van der Waals surface area contributed by atoms with Crippen molar-refractivity contribution >= 4 is 35.5 Å². The number of imidazole rings is 2. The van der Waals surface area contributed by atoms with Crippen LogP contribution in [0.1, 0.15) is 36.7 Å². The van der Waals surface area contributed by atoms with E-state index in [0.717, 1.165) is 0 Å². The van der Waals surface area contributed by atoms with Gasteiger partial charge in [-0.05, 0) is 25.3 Å². The number of benzene rings is 1. The van der Waals surface area contributed by atoms with Crippen LogP contribution in [0.5, 0.6) is 0 Å². The number of nitrogens with zero attached hydrogens (tertiary/aromatic N) is 3. The molecule has 1 fully saturated rings. The number of rotatable bonds is 18. The molecule has 3 heterocycles. The quantitative estimate of drug-likeness (QED) is 0.0623. The Labute approximate surface area is 298 Å². The van der Waals surface area contributed by atoms with Crippen LogP contribution in [0.4, 0.5) is 0 Å². The highest BCUT2D eigenvalue weighted by molar-refractivity contribution is 5.97. The number of aliphatic hydroxyl groups excluding tert-OH is 2. The van der Waals surface area contributed by atoms with Crippen LogP contribution in [0, 0.1) is 0 Å². The molecule has 0 radical (unpaired) electrons. The monoisotopic (exact) mass is 724 g/mol. The van der Waals surface area contributed by atoms with Crippen LogP contribution >= 0.6 is 0 Å². The highest BCUT2D eigenvalue weighted by Crippen LogP contribution is 2.20. The van der Waals surface area contributed by atoms with Crippen molar-refractivity contribution in [3.05, 3.63) is 72.3 Å². The molecule has 11 N–H and O–H groups in total. The van der Waals surface area contributed by atoms with Crippen LogP contribution in [0.25, 0.3) is 0 Å². The fraction of sp³-hybridized carbons (Fsp3) is 0.455. The smallest absolute Gasteiger partial charge is 0.326 e. The Morgan fingerprint density at radius 3 is 2.04 bits per heavy atom. The Morgan fingerprint density at radius 1 is 0.865 bits per heavy atom. The number of carbonyl (C=O) groups is 6. The number of carbonyl (C=O) groups excluding carboxylic acids is 5. The number of hydrogen-bond donors (Lipinski definition) is 10. The molecule has 19 nitrogen and oxygen atoms in total. The van der Waals surface area contributed by atoms with Gasteiger partial charge in [0.05, 0.1) is 36.8 Å². The minimum atomic E-state index is -1.55. The first-order valence-electron chi connectivity index (χ1n) is 16.7. The molecule has 4 rings (SSSR count). The van der Waals surface area contributed by atoms with Crippen molar-refractivity contribution in [3.63, 3.8) is 0 Å². The summed E-state index contributed by atoms with van der Waals surface area (Å²) in [4.78, 5) is 94.4. The summed E-state index contributed by atoms with van der Waals surface area (Å²) < 4.78 is 0. The number of hydrogen-bond acceptors (Lipinski definition) is 11. The lowest BCUT2D eigenvalue weighted by Gasteiger charge is -2.31. The Hall–Kier alpha value is -5.66. The number of nitrogens with one attached hydrogen (secondary N) is 6. The molecule has 19 heteroatoms. The Balaban J connectivity index is 1.52. The lowest BCUT2D eigenvalue weighted by molar-refractivity contribution is -0.143. The molecule has 3 aromatic rings. The fourth-order valence-electron chi connectivity index (χ4n) is 5.74. The normalized spacial score (nSPS) is 17.5. The standard InChI is InChI=1S/C33H44N10O9/c1-18(45)27(42-28(46)22(34)15-44)31(49)40-24(12-21-14-36-17-38-21)32(50)43-9-5-8-26(43)30(48)39-23(11-20-13-35-16-37-20)29(47)41-25(33(51)52)10-19-6-3-2-4-7-19/h2-4,6-7,13-14,16-18,22-27,44-45H,5,8-12,15,34H2,1H3,(H,35,37)(H,36,38)(H,39,48)(H,40,49)(H,41,47)(H,42,46)(H,51,52)/t18-,22+,23+,24+,25+,26+,27+/m1/s1. The average Bonchev–Trinajstić information content (AvgIpc) is 3.93. The molecule has 2 aromatic heterocycles. The van der Waals surface area contributed by atoms with E-state index < -0.39 is 84.5 Å². The van der Waals surface area contributed by atoms with Crippen molar-refractivity contribution < 1.29 is 44.1 Å². The zero-order valence-corrected chi connectivity index (χ0v) is 28.4. The van der Waals surface area contributed by atoms with Crippen LogP contribution in [0.15, 0.2) is 55.4 Å². The van der Waals surface area contributed by atoms with E-state index in [-0.39, 0.29) is 32.2 Å². The van der Waals surface area contributed by atoms with Gasteiger partial charge in [0, 0.05) is 38.2 Å². The molecule has 7 atom stereocenters. The minimum Gasteiger partial charge on any atom is -0.480 e. The minimum absolute atomic E-state index is 0.00711. The molecule has 1 saturated heterocycles. The summed E-state index contributed by atoms with van der Waals surface area (Å²) in [6.45, 7) is 0.660. The van der Waals surface area contributed by atoms with Crippen molar-refractivity contribution in [2.75, 3.05) is 13.2 Å². The number of aliphatic carboxylic acids is 1. The molecule has 1 aromatic carbocycles. The summed E-state index contributed by atoms with van der Waals surface area (Å²) in [6, 6.07) is 0.848. The molecule has 1 aliphatic heterocycles. The second kappa shape index (κ2) is 18.5. The number of H-pyrrole nitrogens is 2. The first-order chi connectivity index (χ1) is 24.9. The van der Waals surface area contributed by atoms with E-state index in [1.54, 1.807) is 30.3 Å². The van der Waals surface area contributed by atoms with Crippen LogP contribution < -0.4 is 27.0 Å². The maximum atomic E-state index is 14.1. The Morgan fingerprint density at radius 2 is 1.48 bits per heavy atom. The molecule has 0 aliphatic carbocycles. The summed E-state index contributed by atoms with van der Waals surface area (Å²) in [5.41, 5.74) is 7.02. The third-order valence-electron chi connectivity index (χ3n) is 8.52. The number of amides is 5.